The molecule has 0 saturated heterocycles. The van der Waals surface area contributed by atoms with Gasteiger partial charge in [-0.1, -0.05) is 27.2 Å². The number of hydrogen-bond acceptors (Lipinski definition) is 0. The second kappa shape index (κ2) is 5.11. The average Bonchev–Trinajstić information content (AvgIpc) is 2.21. The Morgan fingerprint density at radius 1 is 0.950 bits per heavy atom. The Bertz CT molecular complexity index is 358. The third-order valence-corrected chi connectivity index (χ3v) is 6.95. The highest BCUT2D eigenvalue weighted by atomic mass is 127. The SMILES string of the molecule is CCCC[N+](C)(C)C12CC3CC(C)(CC(C)(C3)C1)C2.[I-]. The van der Waals surface area contributed by atoms with Gasteiger partial charge in [-0.2, -0.15) is 0 Å². The predicted molar refractivity (Wildman–Crippen MR) is 82.0 cm³/mol. The molecule has 0 aromatic rings. The van der Waals surface area contributed by atoms with E-state index in [0.717, 1.165) is 5.92 Å². The maximum Gasteiger partial charge on any atom is 0.100 e. The molecule has 0 amide bonds. The van der Waals surface area contributed by atoms with Crippen molar-refractivity contribution in [3.63, 3.8) is 0 Å². The molecule has 118 valence electrons. The molecule has 2 unspecified atom stereocenters. The maximum absolute atomic E-state index is 2.60. The first-order chi connectivity index (χ1) is 8.72. The number of quaternary nitrogens is 1. The molecular formula is C18H34IN. The van der Waals surface area contributed by atoms with E-state index in [9.17, 15) is 0 Å². The fourth-order valence-electron chi connectivity index (χ4n) is 6.85. The first kappa shape index (κ1) is 17.1. The zero-order valence-electron chi connectivity index (χ0n) is 14.3. The molecule has 4 fully saturated rings. The van der Waals surface area contributed by atoms with Crippen LogP contribution in [0.3, 0.4) is 0 Å². The Labute approximate surface area is 143 Å². The number of halogens is 1. The lowest BCUT2D eigenvalue weighted by molar-refractivity contribution is -0.949. The lowest BCUT2D eigenvalue weighted by Gasteiger charge is -2.68. The molecule has 4 aliphatic carbocycles. The third-order valence-electron chi connectivity index (χ3n) is 6.95. The Kier molecular flexibility index (Phi) is 4.36. The van der Waals surface area contributed by atoms with Crippen LogP contribution >= 0.6 is 0 Å². The molecule has 0 radical (unpaired) electrons. The van der Waals surface area contributed by atoms with Crippen molar-refractivity contribution in [3.8, 4) is 0 Å². The molecule has 20 heavy (non-hydrogen) atoms. The van der Waals surface area contributed by atoms with Gasteiger partial charge in [0.05, 0.1) is 20.6 Å². The summed E-state index contributed by atoms with van der Waals surface area (Å²) in [5.74, 6) is 1.03. The van der Waals surface area contributed by atoms with Crippen LogP contribution in [0, 0.1) is 16.7 Å². The summed E-state index contributed by atoms with van der Waals surface area (Å²) in [5.41, 5.74) is 1.93. The highest BCUT2D eigenvalue weighted by Gasteiger charge is 2.65. The Morgan fingerprint density at radius 2 is 1.50 bits per heavy atom. The van der Waals surface area contributed by atoms with Gasteiger partial charge in [-0.05, 0) is 42.4 Å². The van der Waals surface area contributed by atoms with Gasteiger partial charge >= 0.3 is 0 Å². The molecule has 4 aliphatic rings. The van der Waals surface area contributed by atoms with Crippen molar-refractivity contribution in [2.45, 2.75) is 77.7 Å². The first-order valence-electron chi connectivity index (χ1n) is 8.55. The number of hydrogen-bond donors (Lipinski definition) is 0. The maximum atomic E-state index is 2.60. The fraction of sp³-hybridized carbons (Fsp3) is 1.00. The largest absolute Gasteiger partial charge is 1.00 e. The summed E-state index contributed by atoms with van der Waals surface area (Å²) in [4.78, 5) is 0. The second-order valence-corrected chi connectivity index (χ2v) is 9.62. The molecule has 2 atom stereocenters. The number of rotatable bonds is 4. The van der Waals surface area contributed by atoms with Gasteiger partial charge in [0, 0.05) is 19.3 Å². The highest BCUT2D eigenvalue weighted by molar-refractivity contribution is 5.11. The third kappa shape index (κ3) is 2.57. The van der Waals surface area contributed by atoms with E-state index in [-0.39, 0.29) is 24.0 Å². The summed E-state index contributed by atoms with van der Waals surface area (Å²) in [6.07, 6.45) is 11.8. The van der Waals surface area contributed by atoms with E-state index in [1.807, 2.05) is 0 Å². The fourth-order valence-corrected chi connectivity index (χ4v) is 6.85. The summed E-state index contributed by atoms with van der Waals surface area (Å²) >= 11 is 0. The summed E-state index contributed by atoms with van der Waals surface area (Å²) in [7, 11) is 5.07. The van der Waals surface area contributed by atoms with E-state index >= 15 is 0 Å². The van der Waals surface area contributed by atoms with Gasteiger partial charge in [0.2, 0.25) is 0 Å². The van der Waals surface area contributed by atoms with Gasteiger partial charge in [0.15, 0.2) is 0 Å². The molecule has 0 N–H and O–H groups in total. The minimum absolute atomic E-state index is 0. The smallest absolute Gasteiger partial charge is 0.100 e. The lowest BCUT2D eigenvalue weighted by atomic mass is 9.42. The monoisotopic (exact) mass is 391 g/mol. The van der Waals surface area contributed by atoms with Crippen molar-refractivity contribution < 1.29 is 28.5 Å². The van der Waals surface area contributed by atoms with Crippen molar-refractivity contribution in [2.24, 2.45) is 16.7 Å². The Morgan fingerprint density at radius 3 is 1.95 bits per heavy atom. The van der Waals surface area contributed by atoms with Crippen LogP contribution in [0.2, 0.25) is 0 Å². The zero-order chi connectivity index (χ0) is 13.9. The van der Waals surface area contributed by atoms with E-state index in [4.69, 9.17) is 0 Å². The van der Waals surface area contributed by atoms with E-state index in [1.54, 1.807) is 0 Å². The van der Waals surface area contributed by atoms with Crippen molar-refractivity contribution in [2.75, 3.05) is 20.6 Å². The van der Waals surface area contributed by atoms with Gasteiger partial charge in [-0.3, -0.25) is 0 Å². The minimum Gasteiger partial charge on any atom is -1.00 e. The molecule has 4 rings (SSSR count). The quantitative estimate of drug-likeness (QED) is 0.505. The highest BCUT2D eigenvalue weighted by Crippen LogP contribution is 2.68. The molecule has 4 bridgehead atoms. The molecule has 0 aromatic heterocycles. The van der Waals surface area contributed by atoms with Crippen molar-refractivity contribution in [1.29, 1.82) is 0 Å². The van der Waals surface area contributed by atoms with Crippen LogP contribution in [-0.4, -0.2) is 30.7 Å². The van der Waals surface area contributed by atoms with Gasteiger partial charge < -0.3 is 28.5 Å². The lowest BCUT2D eigenvalue weighted by Crippen LogP contribution is -3.00. The van der Waals surface area contributed by atoms with Crippen LogP contribution in [-0.2, 0) is 0 Å². The van der Waals surface area contributed by atoms with Gasteiger partial charge in [-0.25, -0.2) is 0 Å². The normalized spacial score (nSPS) is 46.4. The number of unbranched alkanes of at least 4 members (excludes halogenated alkanes) is 1. The molecule has 0 aliphatic heterocycles. The van der Waals surface area contributed by atoms with E-state index in [2.05, 4.69) is 34.9 Å². The molecule has 2 heteroatoms. The van der Waals surface area contributed by atoms with Crippen LogP contribution in [0.15, 0.2) is 0 Å². The molecular weight excluding hydrogens is 357 g/mol. The van der Waals surface area contributed by atoms with E-state index in [1.165, 1.54) is 62.4 Å². The molecule has 0 aromatic carbocycles. The number of nitrogens with zero attached hydrogens (tertiary/aromatic N) is 1. The first-order valence-corrected chi connectivity index (χ1v) is 8.55. The van der Waals surface area contributed by atoms with Crippen molar-refractivity contribution in [3.05, 3.63) is 0 Å². The topological polar surface area (TPSA) is 0 Å². The van der Waals surface area contributed by atoms with Gasteiger partial charge in [-0.15, -0.1) is 0 Å². The Hall–Kier alpha value is 0.690. The average molecular weight is 391 g/mol. The van der Waals surface area contributed by atoms with Crippen molar-refractivity contribution >= 4 is 0 Å². The van der Waals surface area contributed by atoms with Gasteiger partial charge in [0.25, 0.3) is 0 Å². The molecule has 4 saturated carbocycles. The molecule has 0 spiro atoms. The van der Waals surface area contributed by atoms with E-state index in [0.29, 0.717) is 16.4 Å². The minimum atomic E-state index is 0. The van der Waals surface area contributed by atoms with Crippen LogP contribution in [0.1, 0.15) is 72.1 Å². The molecule has 1 nitrogen and oxygen atoms in total. The van der Waals surface area contributed by atoms with Gasteiger partial charge in [0.1, 0.15) is 5.54 Å². The van der Waals surface area contributed by atoms with Crippen LogP contribution < -0.4 is 24.0 Å². The predicted octanol–water partition coefficient (Wildman–Crippen LogP) is 1.62. The van der Waals surface area contributed by atoms with Crippen LogP contribution in [0.4, 0.5) is 0 Å². The summed E-state index contributed by atoms with van der Waals surface area (Å²) in [6, 6.07) is 0. The summed E-state index contributed by atoms with van der Waals surface area (Å²) in [6.45, 7) is 8.92. The second-order valence-electron chi connectivity index (χ2n) is 9.62. The standard InChI is InChI=1S/C18H34N.HI/c1-6-7-8-19(4,5)18-11-15-9-16(2,13-18)12-17(3,10-15)14-18;/h15H,6-14H2,1-5H3;1H/q+1;/p-1. The van der Waals surface area contributed by atoms with Crippen LogP contribution in [0.5, 0.6) is 0 Å². The summed E-state index contributed by atoms with van der Waals surface area (Å²) in [5, 5.41) is 0. The molecule has 0 heterocycles. The summed E-state index contributed by atoms with van der Waals surface area (Å²) < 4.78 is 1.29. The van der Waals surface area contributed by atoms with Crippen LogP contribution in [0.25, 0.3) is 0 Å². The zero-order valence-corrected chi connectivity index (χ0v) is 16.4. The van der Waals surface area contributed by atoms with E-state index < -0.39 is 0 Å². The Balaban J connectivity index is 0.00000147. The van der Waals surface area contributed by atoms with Crippen molar-refractivity contribution in [1.82, 2.24) is 0 Å².